The van der Waals surface area contributed by atoms with E-state index in [4.69, 9.17) is 4.74 Å². The Balaban J connectivity index is 2.28. The van der Waals surface area contributed by atoms with Crippen LogP contribution in [0, 0.1) is 0 Å². The number of hydrogen-bond donors (Lipinski definition) is 1. The molecule has 1 N–H and O–H groups in total. The van der Waals surface area contributed by atoms with Gasteiger partial charge >= 0.3 is 0 Å². The van der Waals surface area contributed by atoms with Gasteiger partial charge in [-0.25, -0.2) is 0 Å². The van der Waals surface area contributed by atoms with Crippen molar-refractivity contribution in [2.45, 2.75) is 24.2 Å². The standard InChI is InChI=1S/C9H10O3/c1-2-5-9(11)7(10)4-3-6-8(9)12-6/h2-4,6,8,11H,1,5H2/t6-,8-,9-/m1/s1. The lowest BCUT2D eigenvalue weighted by Crippen LogP contribution is -2.45. The molecule has 3 nitrogen and oxygen atoms in total. The highest BCUT2D eigenvalue weighted by Crippen LogP contribution is 2.39. The second-order valence-electron chi connectivity index (χ2n) is 3.16. The number of aliphatic hydroxyl groups is 1. The first-order valence-electron chi connectivity index (χ1n) is 3.90. The molecule has 1 saturated heterocycles. The molecule has 0 amide bonds. The van der Waals surface area contributed by atoms with E-state index in [1.54, 1.807) is 6.08 Å². The Morgan fingerprint density at radius 3 is 3.25 bits per heavy atom. The maximum atomic E-state index is 11.3. The highest BCUT2D eigenvalue weighted by atomic mass is 16.6. The number of rotatable bonds is 2. The third-order valence-electron chi connectivity index (χ3n) is 2.32. The van der Waals surface area contributed by atoms with Gasteiger partial charge in [-0.15, -0.1) is 6.58 Å². The average molecular weight is 166 g/mol. The zero-order valence-corrected chi connectivity index (χ0v) is 6.56. The number of carbonyl (C=O) groups is 1. The molecule has 3 atom stereocenters. The van der Waals surface area contributed by atoms with E-state index in [0.717, 1.165) is 0 Å². The summed E-state index contributed by atoms with van der Waals surface area (Å²) in [7, 11) is 0. The number of epoxide rings is 1. The first-order chi connectivity index (χ1) is 5.68. The van der Waals surface area contributed by atoms with Crippen molar-refractivity contribution < 1.29 is 14.6 Å². The van der Waals surface area contributed by atoms with E-state index in [9.17, 15) is 9.90 Å². The fourth-order valence-corrected chi connectivity index (χ4v) is 1.56. The van der Waals surface area contributed by atoms with Crippen molar-refractivity contribution in [1.29, 1.82) is 0 Å². The first-order valence-corrected chi connectivity index (χ1v) is 3.90. The summed E-state index contributed by atoms with van der Waals surface area (Å²) in [5.41, 5.74) is -1.35. The Labute approximate surface area is 70.3 Å². The summed E-state index contributed by atoms with van der Waals surface area (Å²) in [6.07, 6.45) is 4.47. The molecule has 0 spiro atoms. The van der Waals surface area contributed by atoms with Crippen LogP contribution in [0.15, 0.2) is 24.8 Å². The summed E-state index contributed by atoms with van der Waals surface area (Å²) < 4.78 is 5.11. The van der Waals surface area contributed by atoms with Gasteiger partial charge in [-0.2, -0.15) is 0 Å². The van der Waals surface area contributed by atoms with Crippen molar-refractivity contribution in [3.05, 3.63) is 24.8 Å². The third kappa shape index (κ3) is 0.869. The summed E-state index contributed by atoms with van der Waals surface area (Å²) in [6, 6.07) is 0. The van der Waals surface area contributed by atoms with Crippen molar-refractivity contribution in [3.8, 4) is 0 Å². The molecular weight excluding hydrogens is 156 g/mol. The van der Waals surface area contributed by atoms with Gasteiger partial charge in [-0.3, -0.25) is 4.79 Å². The number of hydrogen-bond acceptors (Lipinski definition) is 3. The van der Waals surface area contributed by atoms with Crippen LogP contribution in [-0.2, 0) is 9.53 Å². The molecule has 1 aliphatic heterocycles. The summed E-state index contributed by atoms with van der Waals surface area (Å²) in [5, 5.41) is 9.85. The first kappa shape index (κ1) is 7.71. The second-order valence-corrected chi connectivity index (χ2v) is 3.16. The van der Waals surface area contributed by atoms with Gasteiger partial charge < -0.3 is 9.84 Å². The van der Waals surface area contributed by atoms with Gasteiger partial charge in [0, 0.05) is 6.42 Å². The predicted octanol–water partition coefficient (Wildman–Crippen LogP) is 0.200. The molecule has 0 aromatic carbocycles. The molecule has 0 aromatic heterocycles. The van der Waals surface area contributed by atoms with Gasteiger partial charge in [0.15, 0.2) is 11.4 Å². The molecule has 2 rings (SSSR count). The van der Waals surface area contributed by atoms with E-state index in [-0.39, 0.29) is 24.4 Å². The molecule has 0 saturated carbocycles. The minimum absolute atomic E-state index is 0.0624. The van der Waals surface area contributed by atoms with Crippen LogP contribution in [0.25, 0.3) is 0 Å². The third-order valence-corrected chi connectivity index (χ3v) is 2.32. The maximum absolute atomic E-state index is 11.3. The van der Waals surface area contributed by atoms with Crippen molar-refractivity contribution in [3.63, 3.8) is 0 Å². The van der Waals surface area contributed by atoms with E-state index >= 15 is 0 Å². The van der Waals surface area contributed by atoms with Crippen LogP contribution >= 0.6 is 0 Å². The second kappa shape index (κ2) is 2.28. The van der Waals surface area contributed by atoms with Gasteiger partial charge in [-0.05, 0) is 12.2 Å². The molecule has 12 heavy (non-hydrogen) atoms. The van der Waals surface area contributed by atoms with Crippen molar-refractivity contribution in [1.82, 2.24) is 0 Å². The van der Waals surface area contributed by atoms with Crippen LogP contribution in [-0.4, -0.2) is 28.7 Å². The molecule has 0 radical (unpaired) electrons. The Morgan fingerprint density at radius 2 is 2.58 bits per heavy atom. The van der Waals surface area contributed by atoms with Gasteiger partial charge in [0.05, 0.1) is 0 Å². The molecule has 2 aliphatic rings. The van der Waals surface area contributed by atoms with Crippen molar-refractivity contribution in [2.75, 3.05) is 0 Å². The summed E-state index contributed by atoms with van der Waals surface area (Å²) in [4.78, 5) is 11.3. The topological polar surface area (TPSA) is 49.8 Å². The van der Waals surface area contributed by atoms with Crippen LogP contribution < -0.4 is 0 Å². The van der Waals surface area contributed by atoms with Crippen LogP contribution in [0.2, 0.25) is 0 Å². The SMILES string of the molecule is C=CC[C@@]1(O)C(=O)C=C[C@H]2O[C@H]21. The quantitative estimate of drug-likeness (QED) is 0.471. The lowest BCUT2D eigenvalue weighted by molar-refractivity contribution is -0.134. The Hall–Kier alpha value is -0.930. The smallest absolute Gasteiger partial charge is 0.190 e. The van der Waals surface area contributed by atoms with Crippen LogP contribution in [0.5, 0.6) is 0 Å². The lowest BCUT2D eigenvalue weighted by Gasteiger charge is -2.23. The molecule has 3 heteroatoms. The van der Waals surface area contributed by atoms with Crippen LogP contribution in [0.3, 0.4) is 0 Å². The van der Waals surface area contributed by atoms with Gasteiger partial charge in [0.1, 0.15) is 12.2 Å². The van der Waals surface area contributed by atoms with E-state index < -0.39 is 5.60 Å². The van der Waals surface area contributed by atoms with E-state index in [1.807, 2.05) is 0 Å². The predicted molar refractivity (Wildman–Crippen MR) is 42.6 cm³/mol. The Morgan fingerprint density at radius 1 is 1.83 bits per heavy atom. The number of carbonyl (C=O) groups excluding carboxylic acids is 1. The number of fused-ring (bicyclic) bond motifs is 1. The number of ketones is 1. The fourth-order valence-electron chi connectivity index (χ4n) is 1.56. The van der Waals surface area contributed by atoms with Crippen molar-refractivity contribution >= 4 is 5.78 Å². The molecule has 1 heterocycles. The molecule has 1 fully saturated rings. The minimum atomic E-state index is -1.35. The summed E-state index contributed by atoms with van der Waals surface area (Å²) >= 11 is 0. The fraction of sp³-hybridized carbons (Fsp3) is 0.444. The molecular formula is C9H10O3. The molecule has 0 aromatic rings. The largest absolute Gasteiger partial charge is 0.378 e. The maximum Gasteiger partial charge on any atom is 0.190 e. The molecule has 64 valence electrons. The van der Waals surface area contributed by atoms with Crippen LogP contribution in [0.1, 0.15) is 6.42 Å². The lowest BCUT2D eigenvalue weighted by atomic mass is 9.85. The molecule has 0 unspecified atom stereocenters. The molecule has 1 aliphatic carbocycles. The normalized spacial score (nSPS) is 43.9. The number of ether oxygens (including phenoxy) is 1. The monoisotopic (exact) mass is 166 g/mol. The van der Waals surface area contributed by atoms with E-state index in [0.29, 0.717) is 0 Å². The van der Waals surface area contributed by atoms with E-state index in [1.165, 1.54) is 12.2 Å². The van der Waals surface area contributed by atoms with Crippen LogP contribution in [0.4, 0.5) is 0 Å². The minimum Gasteiger partial charge on any atom is -0.378 e. The van der Waals surface area contributed by atoms with Gasteiger partial charge in [-0.1, -0.05) is 6.08 Å². The summed E-state index contributed by atoms with van der Waals surface area (Å²) in [6.45, 7) is 3.50. The zero-order chi connectivity index (χ0) is 8.77. The Kier molecular flexibility index (Phi) is 1.46. The van der Waals surface area contributed by atoms with E-state index in [2.05, 4.69) is 6.58 Å². The van der Waals surface area contributed by atoms with Gasteiger partial charge in [0.2, 0.25) is 0 Å². The van der Waals surface area contributed by atoms with Crippen molar-refractivity contribution in [2.24, 2.45) is 0 Å². The summed E-state index contributed by atoms with van der Waals surface area (Å²) in [5.74, 6) is -0.277. The highest BCUT2D eigenvalue weighted by Gasteiger charge is 2.58. The average Bonchev–Trinajstić information content (AvgIpc) is 2.78. The molecule has 0 bridgehead atoms. The van der Waals surface area contributed by atoms with Gasteiger partial charge in [0.25, 0.3) is 0 Å². The zero-order valence-electron chi connectivity index (χ0n) is 6.56. The highest BCUT2D eigenvalue weighted by molar-refractivity contribution is 5.99. The Bertz CT molecular complexity index is 269.